The summed E-state index contributed by atoms with van der Waals surface area (Å²) in [5.41, 5.74) is 3.18. The van der Waals surface area contributed by atoms with Crippen molar-refractivity contribution in [3.8, 4) is 11.3 Å². The van der Waals surface area contributed by atoms with Crippen LogP contribution < -0.4 is 0 Å². The fourth-order valence-electron chi connectivity index (χ4n) is 2.49. The Labute approximate surface area is 131 Å². The molecule has 1 N–H and O–H groups in total. The van der Waals surface area contributed by atoms with Gasteiger partial charge < -0.3 is 9.67 Å². The molecule has 5 heteroatoms. The zero-order valence-corrected chi connectivity index (χ0v) is 13.5. The van der Waals surface area contributed by atoms with Gasteiger partial charge in [0.25, 0.3) is 0 Å². The molecule has 2 aromatic rings. The molecule has 20 heavy (non-hydrogen) atoms. The molecule has 1 aromatic carbocycles. The average molecular weight is 382 g/mol. The summed E-state index contributed by atoms with van der Waals surface area (Å²) in [4.78, 5) is 15.5. The third-order valence-electron chi connectivity index (χ3n) is 3.97. The summed E-state index contributed by atoms with van der Waals surface area (Å²) in [5.74, 6) is 0.291. The van der Waals surface area contributed by atoms with Crippen LogP contribution in [-0.4, -0.2) is 20.6 Å². The second-order valence-electron chi connectivity index (χ2n) is 5.27. The van der Waals surface area contributed by atoms with Gasteiger partial charge in [0.15, 0.2) is 0 Å². The first-order valence-electron chi connectivity index (χ1n) is 6.51. The molecule has 1 saturated carbocycles. The Bertz CT molecular complexity index is 676. The fourth-order valence-corrected chi connectivity index (χ4v) is 3.27. The molecule has 0 bridgehead atoms. The Morgan fingerprint density at radius 3 is 2.50 bits per heavy atom. The number of aliphatic carboxylic acids is 1. The van der Waals surface area contributed by atoms with Crippen molar-refractivity contribution in [3.63, 3.8) is 0 Å². The number of rotatable bonds is 3. The van der Waals surface area contributed by atoms with Gasteiger partial charge in [0.05, 0.1) is 5.92 Å². The van der Waals surface area contributed by atoms with Gasteiger partial charge in [-0.3, -0.25) is 4.79 Å². The maximum atomic E-state index is 10.9. The van der Waals surface area contributed by atoms with E-state index < -0.39 is 5.97 Å². The highest BCUT2D eigenvalue weighted by atomic mass is 127. The average Bonchev–Trinajstić information content (AvgIpc) is 3.19. The fraction of sp³-hybridized carbons (Fsp3) is 0.333. The number of carboxylic acids is 1. The topological polar surface area (TPSA) is 55.1 Å². The lowest BCUT2D eigenvalue weighted by Crippen LogP contribution is -1.98. The highest BCUT2D eigenvalue weighted by Gasteiger charge is 2.44. The van der Waals surface area contributed by atoms with Crippen molar-refractivity contribution >= 4 is 28.6 Å². The van der Waals surface area contributed by atoms with E-state index in [1.54, 1.807) is 0 Å². The van der Waals surface area contributed by atoms with Gasteiger partial charge in [0, 0.05) is 12.6 Å². The van der Waals surface area contributed by atoms with Crippen LogP contribution in [0.3, 0.4) is 0 Å². The van der Waals surface area contributed by atoms with Crippen LogP contribution in [0.5, 0.6) is 0 Å². The zero-order chi connectivity index (χ0) is 14.4. The predicted octanol–water partition coefficient (Wildman–Crippen LogP) is 3.19. The summed E-state index contributed by atoms with van der Waals surface area (Å²) < 4.78 is 3.17. The molecule has 0 aliphatic heterocycles. The number of carbonyl (C=O) groups is 1. The van der Waals surface area contributed by atoms with Crippen molar-refractivity contribution in [2.75, 3.05) is 0 Å². The lowest BCUT2D eigenvalue weighted by atomic mass is 10.1. The maximum Gasteiger partial charge on any atom is 0.307 e. The van der Waals surface area contributed by atoms with E-state index in [1.165, 1.54) is 0 Å². The van der Waals surface area contributed by atoms with Crippen LogP contribution in [-0.2, 0) is 11.8 Å². The molecule has 3 rings (SSSR count). The van der Waals surface area contributed by atoms with E-state index in [0.717, 1.165) is 32.8 Å². The molecule has 0 unspecified atom stereocenters. The SMILES string of the molecule is Cc1nc(-c2ccc([C@@H]3C[C@H]3C(=O)O)cc2)c(I)n1C. The van der Waals surface area contributed by atoms with Gasteiger partial charge >= 0.3 is 5.97 Å². The lowest BCUT2D eigenvalue weighted by molar-refractivity contribution is -0.138. The van der Waals surface area contributed by atoms with Gasteiger partial charge in [0.1, 0.15) is 15.2 Å². The van der Waals surface area contributed by atoms with E-state index in [1.807, 2.05) is 38.2 Å². The second-order valence-corrected chi connectivity index (χ2v) is 6.29. The number of halogens is 1. The van der Waals surface area contributed by atoms with Crippen molar-refractivity contribution in [1.82, 2.24) is 9.55 Å². The van der Waals surface area contributed by atoms with E-state index in [2.05, 4.69) is 32.1 Å². The molecule has 1 fully saturated rings. The Kier molecular flexibility index (Phi) is 3.32. The van der Waals surface area contributed by atoms with Crippen LogP contribution in [0.2, 0.25) is 0 Å². The first-order chi connectivity index (χ1) is 9.49. The minimum atomic E-state index is -0.686. The van der Waals surface area contributed by atoms with Gasteiger partial charge in [-0.1, -0.05) is 24.3 Å². The number of nitrogens with zero attached hydrogens (tertiary/aromatic N) is 2. The number of benzene rings is 1. The number of hydrogen-bond acceptors (Lipinski definition) is 2. The maximum absolute atomic E-state index is 10.9. The van der Waals surface area contributed by atoms with E-state index >= 15 is 0 Å². The molecule has 4 nitrogen and oxygen atoms in total. The van der Waals surface area contributed by atoms with Crippen LogP contribution in [0, 0.1) is 16.5 Å². The van der Waals surface area contributed by atoms with Crippen molar-refractivity contribution < 1.29 is 9.90 Å². The summed E-state index contributed by atoms with van der Waals surface area (Å²) >= 11 is 2.30. The van der Waals surface area contributed by atoms with Crippen LogP contribution in [0.25, 0.3) is 11.3 Å². The molecule has 1 aromatic heterocycles. The third-order valence-corrected chi connectivity index (χ3v) is 5.20. The predicted molar refractivity (Wildman–Crippen MR) is 84.6 cm³/mol. The van der Waals surface area contributed by atoms with Gasteiger partial charge in [-0.2, -0.15) is 0 Å². The van der Waals surface area contributed by atoms with E-state index in [-0.39, 0.29) is 11.8 Å². The molecule has 0 amide bonds. The lowest BCUT2D eigenvalue weighted by Gasteiger charge is -2.02. The minimum Gasteiger partial charge on any atom is -0.481 e. The quantitative estimate of drug-likeness (QED) is 0.830. The largest absolute Gasteiger partial charge is 0.481 e. The Hall–Kier alpha value is -1.37. The number of aryl methyl sites for hydroxylation is 1. The number of carboxylic acid groups (broad SMARTS) is 1. The molecular weight excluding hydrogens is 367 g/mol. The molecule has 1 heterocycles. The summed E-state index contributed by atoms with van der Waals surface area (Å²) in [5, 5.41) is 8.97. The Morgan fingerprint density at radius 2 is 2.05 bits per heavy atom. The highest BCUT2D eigenvalue weighted by molar-refractivity contribution is 14.1. The van der Waals surface area contributed by atoms with E-state index in [9.17, 15) is 4.79 Å². The van der Waals surface area contributed by atoms with Crippen molar-refractivity contribution in [1.29, 1.82) is 0 Å². The molecular formula is C15H15IN2O2. The van der Waals surface area contributed by atoms with Crippen molar-refractivity contribution in [2.45, 2.75) is 19.3 Å². The molecule has 1 aliphatic carbocycles. The van der Waals surface area contributed by atoms with Crippen molar-refractivity contribution in [3.05, 3.63) is 39.4 Å². The monoisotopic (exact) mass is 382 g/mol. The molecule has 1 aliphatic rings. The summed E-state index contributed by atoms with van der Waals surface area (Å²) in [6.07, 6.45) is 0.759. The third kappa shape index (κ3) is 2.24. The zero-order valence-electron chi connectivity index (χ0n) is 11.3. The van der Waals surface area contributed by atoms with Crippen LogP contribution in [0.15, 0.2) is 24.3 Å². The Balaban J connectivity index is 1.87. The van der Waals surface area contributed by atoms with Gasteiger partial charge in [-0.05, 0) is 47.4 Å². The molecule has 2 atom stereocenters. The first-order valence-corrected chi connectivity index (χ1v) is 7.59. The second kappa shape index (κ2) is 4.87. The van der Waals surface area contributed by atoms with Crippen LogP contribution >= 0.6 is 22.6 Å². The van der Waals surface area contributed by atoms with Gasteiger partial charge in [0.2, 0.25) is 0 Å². The van der Waals surface area contributed by atoms with E-state index in [4.69, 9.17) is 5.11 Å². The number of hydrogen-bond donors (Lipinski definition) is 1. The smallest absolute Gasteiger partial charge is 0.307 e. The molecule has 0 spiro atoms. The summed E-state index contributed by atoms with van der Waals surface area (Å²) in [6, 6.07) is 8.14. The summed E-state index contributed by atoms with van der Waals surface area (Å²) in [6.45, 7) is 1.99. The normalized spacial score (nSPS) is 20.9. The molecule has 0 saturated heterocycles. The van der Waals surface area contributed by atoms with Gasteiger partial charge in [-0.15, -0.1) is 0 Å². The first kappa shape index (κ1) is 13.6. The summed E-state index contributed by atoms with van der Waals surface area (Å²) in [7, 11) is 2.00. The molecule has 104 valence electrons. The Morgan fingerprint density at radius 1 is 1.40 bits per heavy atom. The number of aromatic nitrogens is 2. The molecule has 0 radical (unpaired) electrons. The van der Waals surface area contributed by atoms with Gasteiger partial charge in [-0.25, -0.2) is 4.98 Å². The highest BCUT2D eigenvalue weighted by Crippen LogP contribution is 2.47. The standard InChI is InChI=1S/C15H15IN2O2/c1-8-17-13(14(16)18(8)2)10-5-3-9(4-6-10)11-7-12(11)15(19)20/h3-6,11-12H,7H2,1-2H3,(H,19,20)/t11-,12+/m0/s1. The van der Waals surface area contributed by atoms with E-state index in [0.29, 0.717) is 0 Å². The van der Waals surface area contributed by atoms with Crippen molar-refractivity contribution in [2.24, 2.45) is 13.0 Å². The van der Waals surface area contributed by atoms with Crippen LogP contribution in [0.1, 0.15) is 23.7 Å². The number of imidazole rings is 1. The minimum absolute atomic E-state index is 0.186. The van der Waals surface area contributed by atoms with Crippen LogP contribution in [0.4, 0.5) is 0 Å².